The van der Waals surface area contributed by atoms with Crippen LogP contribution in [0.15, 0.2) is 233 Å². The van der Waals surface area contributed by atoms with Gasteiger partial charge in [-0.3, -0.25) is 52.7 Å². The molecule has 141 heavy (non-hydrogen) atoms. The molecule has 0 saturated carbocycles. The van der Waals surface area contributed by atoms with E-state index in [-0.39, 0.29) is 114 Å². The van der Waals surface area contributed by atoms with Gasteiger partial charge in [-0.05, 0) is 131 Å². The average molecular weight is 2090 g/mol. The summed E-state index contributed by atoms with van der Waals surface area (Å²) in [7, 11) is 3.33. The number of ketones is 4. The van der Waals surface area contributed by atoms with Gasteiger partial charge in [0.25, 0.3) is 29.5 Å². The second kappa shape index (κ2) is 42.9. The van der Waals surface area contributed by atoms with Gasteiger partial charge in [-0.25, -0.2) is 19.9 Å². The molecular weight excluding hydrogens is 2020 g/mol. The number of pyridine rings is 1. The fourth-order valence-corrected chi connectivity index (χ4v) is 17.7. The normalized spacial score (nSPS) is 13.2. The molecule has 15 aromatic rings. The number of benzene rings is 11. The van der Waals surface area contributed by atoms with Gasteiger partial charge in [0.05, 0.1) is 127 Å². The van der Waals surface area contributed by atoms with E-state index >= 15 is 0 Å². The first-order chi connectivity index (χ1) is 67.5. The number of hydrogen-bond acceptors (Lipinski definition) is 23. The van der Waals surface area contributed by atoms with Gasteiger partial charge >= 0.3 is 17.1 Å². The molecule has 11 aromatic carbocycles. The molecule has 31 nitrogen and oxygen atoms in total. The number of nitrogens with one attached hydrogen (secondary N) is 6. The number of azo groups is 2. The molecule has 1 radical (unpaired) electrons. The van der Waals surface area contributed by atoms with Crippen LogP contribution in [0.2, 0.25) is 40.2 Å². The van der Waals surface area contributed by atoms with Gasteiger partial charge in [0.2, 0.25) is 23.9 Å². The number of rotatable bonds is 14. The predicted octanol–water partition coefficient (Wildman–Crippen LogP) is 22.7. The molecule has 2 atom stereocenters. The molecule has 5 aliphatic heterocycles. The van der Waals surface area contributed by atoms with Gasteiger partial charge in [-0.1, -0.05) is 248 Å². The molecule has 7 amide bonds. The van der Waals surface area contributed by atoms with Gasteiger partial charge in [0.15, 0.2) is 23.1 Å². The first-order valence-electron chi connectivity index (χ1n) is 43.1. The van der Waals surface area contributed by atoms with Crippen molar-refractivity contribution in [3.8, 4) is 45.6 Å². The summed E-state index contributed by atoms with van der Waals surface area (Å²) in [5.74, 6) is -4.75. The second-order valence-corrected chi connectivity index (χ2v) is 33.9. The molecule has 0 saturated heterocycles. The van der Waals surface area contributed by atoms with Crippen molar-refractivity contribution in [1.29, 1.82) is 0 Å². The van der Waals surface area contributed by atoms with Crippen molar-refractivity contribution in [3.63, 3.8) is 0 Å². The minimum absolute atomic E-state index is 0. The summed E-state index contributed by atoms with van der Waals surface area (Å²) < 4.78 is 0. The molecule has 8 bridgehead atoms. The maximum atomic E-state index is 13.5. The van der Waals surface area contributed by atoms with Crippen LogP contribution in [0.5, 0.6) is 0 Å². The van der Waals surface area contributed by atoms with Crippen molar-refractivity contribution in [1.82, 2.24) is 50.2 Å². The van der Waals surface area contributed by atoms with E-state index < -0.39 is 64.8 Å². The van der Waals surface area contributed by atoms with E-state index in [1.807, 2.05) is 137 Å². The third kappa shape index (κ3) is 20.0. The Morgan fingerprint density at radius 2 is 0.773 bits per heavy atom. The molecule has 1 aliphatic carbocycles. The van der Waals surface area contributed by atoms with Crippen molar-refractivity contribution < 1.29 is 69.8 Å². The number of Topliss-reactive ketones (excluding diaryl/α,β-unsaturated/α-hetero) is 4. The van der Waals surface area contributed by atoms with Gasteiger partial charge in [-0.15, -0.1) is 0 Å². The number of carbonyl (C=O) groups is 11. The summed E-state index contributed by atoms with van der Waals surface area (Å²) in [6.07, 6.45) is 0.618. The Morgan fingerprint density at radius 1 is 0.411 bits per heavy atom. The maximum absolute atomic E-state index is 13.5. The van der Waals surface area contributed by atoms with Crippen LogP contribution < -0.4 is 46.8 Å². The monoisotopic (exact) mass is 2080 g/mol. The molecule has 0 spiro atoms. The van der Waals surface area contributed by atoms with Gasteiger partial charge in [0.1, 0.15) is 5.92 Å². The Labute approximate surface area is 852 Å². The minimum Gasteiger partial charge on any atom is -0.388 e. The average Bonchev–Trinajstić information content (AvgIpc) is 1.58. The molecule has 0 fully saturated rings. The fourth-order valence-electron chi connectivity index (χ4n) is 15.7. The molecule has 9 heterocycles. The molecule has 21 rings (SSSR count). The number of para-hydroxylation sites is 1. The summed E-state index contributed by atoms with van der Waals surface area (Å²) >= 11 is 49.6. The molecule has 6 N–H and O–H groups in total. The van der Waals surface area contributed by atoms with E-state index in [0.29, 0.717) is 104 Å². The molecule has 6 aliphatic rings. The van der Waals surface area contributed by atoms with Crippen LogP contribution in [-0.2, 0) is 58.7 Å². The van der Waals surface area contributed by atoms with E-state index in [4.69, 9.17) is 133 Å². The van der Waals surface area contributed by atoms with Crippen LogP contribution in [0, 0.1) is 0 Å². The van der Waals surface area contributed by atoms with E-state index in [9.17, 15) is 52.7 Å². The number of amides is 7. The smallest absolute Gasteiger partial charge is 0.388 e. The maximum Gasteiger partial charge on any atom is 2.00 e. The number of anilines is 6. The van der Waals surface area contributed by atoms with Crippen molar-refractivity contribution in [2.45, 2.75) is 72.4 Å². The third-order valence-electron chi connectivity index (χ3n) is 22.3. The summed E-state index contributed by atoms with van der Waals surface area (Å²) in [6.45, 7) is 10.5. The third-order valence-corrected chi connectivity index (χ3v) is 25.9. The van der Waals surface area contributed by atoms with Gasteiger partial charge in [0, 0.05) is 98.3 Å². The summed E-state index contributed by atoms with van der Waals surface area (Å²) in [4.78, 5) is 182. The zero-order valence-electron chi connectivity index (χ0n) is 74.9. The minimum atomic E-state index is -1.43. The van der Waals surface area contributed by atoms with Crippen LogP contribution in [0.25, 0.3) is 101 Å². The number of hydrogen-bond donors (Lipinski definition) is 6. The predicted molar refractivity (Wildman–Crippen MR) is 543 cm³/mol. The number of fused-ring (bicyclic) bond motifs is 25. The number of halogens is 8. The molecular formula is C101H72Cl8CuN20O11. The summed E-state index contributed by atoms with van der Waals surface area (Å²) in [6, 6.07) is 60.5. The Balaban J connectivity index is 0.000000142. The van der Waals surface area contributed by atoms with Crippen LogP contribution in [0.4, 0.5) is 45.5 Å². The number of imide groups is 1. The largest absolute Gasteiger partial charge is 2.00 e. The van der Waals surface area contributed by atoms with Crippen molar-refractivity contribution >= 4 is 258 Å². The zero-order valence-corrected chi connectivity index (χ0v) is 81.9. The summed E-state index contributed by atoms with van der Waals surface area (Å²) in [5, 5.41) is 34.4. The summed E-state index contributed by atoms with van der Waals surface area (Å²) in [5.41, 5.74) is 11.4. The SMILES string of the molecule is CC.CC.CNC(=O)c1ccc(N=NC(C(C)=O)C(=O)Nc2ccc3c(c2)NC(=O)C3)cc1.CNc1ccc(N=NC(C(C)=O)C(=O)Nc2ccc3c(c2)NC(=O)C3)cc1.O=C1c2c(Cl)c(Cl)c(Cl)c(Cl)c2C(=O)C1c1ccc2cccc(N3C(=O)c4c(Cl)c(Cl)c(Cl)c(Cl)c4C3=O)c2n1.[Cu+2].c1ccc2c(c1)-c1nc-2nc2[n-]c(nc3nc(nc4[n-]c(n1)c1ccccc41)-c1ccccc1-3)c1ccccc21. The molecule has 709 valence electrons. The second-order valence-electron chi connectivity index (χ2n) is 30.9. The van der Waals surface area contributed by atoms with E-state index in [1.54, 1.807) is 98.0 Å². The standard InChI is InChI=1S/C32H16N8.C26H6Cl8N2O4.C20H19N5O4.C19H19N5O3.2C2H6.Cu/c1-2-10-18-17(9-1)25-33-26(18)38-28-21-13-5-6-14-22(21)30(35-28)40-32-24-16-8-7-15-23(24)31(36-32)39-29-20-12-4-3-11-19(20)27(34-29)37-25;27-14-10-11(15(28)19(32)18(14)31)24(38)9(23(10)37)7-5-4-6-2-1-3-8(22(6)35-7)36-25(39)12-13(26(36)40)17(30)21(34)20(33)16(12)29;1-11(26)18(25-24-14-6-3-12(4-7-14)19(28)21-2)20(29)22-15-8-5-13-9-17(27)23-16(13)10-15;1-11(25)18(24-23-14-7-5-13(20-2)6-8-14)19(27)21-15-4-3-12-9-17(26)22-16(12)10-15;2*1-2;/h1-16H;1-5,9H;3-8,10,18H,9H2,1-2H3,(H,21,28)(H,22,29)(H,23,27);3-8,10,18,20H,9H2,1-2H3,(H,21,27)(H,22,26);2*1-2H3;/q-2;;;;;;+2. The van der Waals surface area contributed by atoms with Crippen molar-refractivity contribution in [3.05, 3.63) is 297 Å². The van der Waals surface area contributed by atoms with Crippen LogP contribution in [0.1, 0.15) is 116 Å². The number of aromatic nitrogens is 9. The first kappa shape index (κ1) is 101. The topological polar surface area (TPSA) is 431 Å². The number of carbonyl (C=O) groups excluding carboxylic acids is 11. The Kier molecular flexibility index (Phi) is 30.6. The van der Waals surface area contributed by atoms with Crippen LogP contribution in [-0.4, -0.2) is 126 Å². The van der Waals surface area contributed by atoms with Gasteiger partial charge < -0.3 is 61.8 Å². The van der Waals surface area contributed by atoms with Crippen LogP contribution >= 0.6 is 92.8 Å². The van der Waals surface area contributed by atoms with E-state index in [2.05, 4.69) is 57.3 Å². The zero-order chi connectivity index (χ0) is 99.5. The van der Waals surface area contributed by atoms with Crippen molar-refractivity contribution in [2.24, 2.45) is 20.5 Å². The Morgan fingerprint density at radius 3 is 1.14 bits per heavy atom. The quantitative estimate of drug-likeness (QED) is 0.0147. The Hall–Kier alpha value is -14.8. The van der Waals surface area contributed by atoms with Crippen LogP contribution in [0.3, 0.4) is 0 Å². The fraction of sp³-hybridized carbons (Fsp3) is 0.129. The Bertz CT molecular complexity index is 7630. The van der Waals surface area contributed by atoms with E-state index in [0.717, 1.165) is 65.5 Å². The first-order valence-corrected chi connectivity index (χ1v) is 46.1. The molecule has 4 aromatic heterocycles. The van der Waals surface area contributed by atoms with Crippen molar-refractivity contribution in [2.75, 3.05) is 45.6 Å². The van der Waals surface area contributed by atoms with Gasteiger partial charge in [-0.2, -0.15) is 20.5 Å². The number of nitrogens with zero attached hydrogens (tertiary/aromatic N) is 14. The van der Waals surface area contributed by atoms with E-state index in [1.165, 1.54) is 33.0 Å². The molecule has 40 heteroatoms. The molecule has 2 unspecified atom stereocenters.